The third-order valence-corrected chi connectivity index (χ3v) is 6.67. The fraction of sp³-hybridized carbons (Fsp3) is 0.571. The van der Waals surface area contributed by atoms with Crippen molar-refractivity contribution >= 4 is 23.4 Å². The Hall–Kier alpha value is -2.61. The van der Waals surface area contributed by atoms with Crippen LogP contribution in [0.1, 0.15) is 42.5 Å². The molecule has 5 rings (SSSR count). The number of carbonyl (C=O) groups excluding carboxylic acids is 3. The summed E-state index contributed by atoms with van der Waals surface area (Å²) in [6.07, 6.45) is 3.52. The van der Waals surface area contributed by atoms with E-state index in [-0.39, 0.29) is 29.9 Å². The number of fused-ring (bicyclic) bond motifs is 1. The molecule has 0 aliphatic carbocycles. The Morgan fingerprint density at radius 2 is 1.90 bits per heavy atom. The van der Waals surface area contributed by atoms with Crippen molar-refractivity contribution in [1.29, 1.82) is 0 Å². The van der Waals surface area contributed by atoms with E-state index in [1.54, 1.807) is 4.90 Å². The molecule has 0 saturated carbocycles. The first kappa shape index (κ1) is 18.4. The molecule has 3 amide bonds. The van der Waals surface area contributed by atoms with Crippen molar-refractivity contribution in [3.8, 4) is 0 Å². The zero-order valence-corrected chi connectivity index (χ0v) is 16.4. The molecule has 1 aromatic rings. The van der Waals surface area contributed by atoms with E-state index in [0.29, 0.717) is 44.6 Å². The lowest BCUT2D eigenvalue weighted by atomic mass is 9.84. The maximum absolute atomic E-state index is 12.6. The Balaban J connectivity index is 1.22. The van der Waals surface area contributed by atoms with Gasteiger partial charge < -0.3 is 25.2 Å². The normalized spacial score (nSPS) is 27.9. The van der Waals surface area contributed by atoms with E-state index >= 15 is 0 Å². The highest BCUT2D eigenvalue weighted by Gasteiger charge is 2.53. The number of anilines is 1. The number of hydrogen-bond donors (Lipinski definition) is 2. The Bertz CT molecular complexity index is 864. The molecule has 1 unspecified atom stereocenters. The molecule has 154 valence electrons. The van der Waals surface area contributed by atoms with Crippen molar-refractivity contribution in [1.82, 2.24) is 15.1 Å². The molecule has 8 heteroatoms. The van der Waals surface area contributed by atoms with Gasteiger partial charge in [-0.05, 0) is 31.4 Å². The minimum atomic E-state index is -0.598. The standard InChI is InChI=1S/C21H26N4O4/c26-17-6-3-9-25(17)12-18(27)24-10-7-20(8-11-24)13-21(14-29-20)22-16-5-2-1-4-15(16)19(28)23-21/h1-2,4-5,22H,3,6-14H2,(H,23,28). The summed E-state index contributed by atoms with van der Waals surface area (Å²) in [5.41, 5.74) is 0.544. The van der Waals surface area contributed by atoms with Crippen LogP contribution in [0.4, 0.5) is 5.69 Å². The van der Waals surface area contributed by atoms with Gasteiger partial charge in [0.25, 0.3) is 5.91 Å². The van der Waals surface area contributed by atoms with Crippen LogP contribution in [0.15, 0.2) is 24.3 Å². The lowest BCUT2D eigenvalue weighted by molar-refractivity contribution is -0.141. The number of hydrogen-bond acceptors (Lipinski definition) is 5. The van der Waals surface area contributed by atoms with Crippen LogP contribution in [-0.4, -0.2) is 71.6 Å². The summed E-state index contributed by atoms with van der Waals surface area (Å²) in [7, 11) is 0. The number of ether oxygens (including phenoxy) is 1. The van der Waals surface area contributed by atoms with Gasteiger partial charge in [0.15, 0.2) is 0 Å². The molecule has 0 bridgehead atoms. The minimum absolute atomic E-state index is 0.0147. The number of benzene rings is 1. The number of rotatable bonds is 2. The Kier molecular flexibility index (Phi) is 4.27. The highest BCUT2D eigenvalue weighted by molar-refractivity contribution is 6.02. The van der Waals surface area contributed by atoms with E-state index in [4.69, 9.17) is 4.74 Å². The minimum Gasteiger partial charge on any atom is -0.370 e. The van der Waals surface area contributed by atoms with Gasteiger partial charge in [-0.3, -0.25) is 14.4 Å². The molecule has 1 aromatic carbocycles. The third-order valence-electron chi connectivity index (χ3n) is 6.67. The van der Waals surface area contributed by atoms with Gasteiger partial charge in [-0.25, -0.2) is 0 Å². The zero-order chi connectivity index (χ0) is 20.1. The summed E-state index contributed by atoms with van der Waals surface area (Å²) >= 11 is 0. The maximum atomic E-state index is 12.6. The van der Waals surface area contributed by atoms with Crippen LogP contribution in [0.25, 0.3) is 0 Å². The predicted molar refractivity (Wildman–Crippen MR) is 105 cm³/mol. The second-order valence-corrected chi connectivity index (χ2v) is 8.65. The summed E-state index contributed by atoms with van der Waals surface area (Å²) in [5, 5.41) is 6.59. The lowest BCUT2D eigenvalue weighted by Gasteiger charge is -2.41. The van der Waals surface area contributed by atoms with Crippen molar-refractivity contribution in [2.45, 2.75) is 43.4 Å². The molecule has 4 aliphatic heterocycles. The Morgan fingerprint density at radius 3 is 2.66 bits per heavy atom. The molecule has 1 atom stereocenters. The summed E-state index contributed by atoms with van der Waals surface area (Å²) in [5.74, 6) is 0.0102. The average molecular weight is 398 g/mol. The maximum Gasteiger partial charge on any atom is 0.255 e. The number of likely N-dealkylation sites (tertiary alicyclic amines) is 2. The van der Waals surface area contributed by atoms with Crippen LogP contribution in [0.3, 0.4) is 0 Å². The zero-order valence-electron chi connectivity index (χ0n) is 16.4. The first-order chi connectivity index (χ1) is 14.0. The van der Waals surface area contributed by atoms with Gasteiger partial charge in [-0.2, -0.15) is 0 Å². The molecule has 3 fully saturated rings. The monoisotopic (exact) mass is 398 g/mol. The summed E-state index contributed by atoms with van der Waals surface area (Å²) in [6, 6.07) is 7.50. The Morgan fingerprint density at radius 1 is 1.10 bits per heavy atom. The largest absolute Gasteiger partial charge is 0.370 e. The van der Waals surface area contributed by atoms with Crippen molar-refractivity contribution < 1.29 is 19.1 Å². The topological polar surface area (TPSA) is 91.0 Å². The number of amides is 3. The summed E-state index contributed by atoms with van der Waals surface area (Å²) in [6.45, 7) is 2.50. The molecule has 2 N–H and O–H groups in total. The van der Waals surface area contributed by atoms with Crippen LogP contribution in [0.5, 0.6) is 0 Å². The van der Waals surface area contributed by atoms with E-state index in [1.807, 2.05) is 29.2 Å². The first-order valence-corrected chi connectivity index (χ1v) is 10.4. The highest BCUT2D eigenvalue weighted by atomic mass is 16.5. The molecule has 0 aromatic heterocycles. The molecular weight excluding hydrogens is 372 g/mol. The van der Waals surface area contributed by atoms with Crippen LogP contribution in [0, 0.1) is 0 Å². The highest BCUT2D eigenvalue weighted by Crippen LogP contribution is 2.42. The van der Waals surface area contributed by atoms with Gasteiger partial charge >= 0.3 is 0 Å². The third kappa shape index (κ3) is 3.25. The second-order valence-electron chi connectivity index (χ2n) is 8.65. The summed E-state index contributed by atoms with van der Waals surface area (Å²) in [4.78, 5) is 40.4. The van der Waals surface area contributed by atoms with E-state index < -0.39 is 5.66 Å². The summed E-state index contributed by atoms with van der Waals surface area (Å²) < 4.78 is 6.24. The van der Waals surface area contributed by atoms with E-state index in [0.717, 1.165) is 24.9 Å². The SMILES string of the molecule is O=C1NC2(COC3(CCN(C(=O)CN4CCCC4=O)CC3)C2)Nc2ccccc21. The quantitative estimate of drug-likeness (QED) is 0.774. The van der Waals surface area contributed by atoms with E-state index in [9.17, 15) is 14.4 Å². The molecule has 4 aliphatic rings. The predicted octanol–water partition coefficient (Wildman–Crippen LogP) is 0.942. The average Bonchev–Trinajstić information content (AvgIpc) is 3.26. The number of nitrogens with zero attached hydrogens (tertiary/aromatic N) is 2. The van der Waals surface area contributed by atoms with Gasteiger partial charge in [0.05, 0.1) is 24.3 Å². The number of piperidine rings is 1. The smallest absolute Gasteiger partial charge is 0.255 e. The van der Waals surface area contributed by atoms with Gasteiger partial charge in [0, 0.05) is 38.2 Å². The van der Waals surface area contributed by atoms with E-state index in [2.05, 4.69) is 10.6 Å². The number of para-hydroxylation sites is 1. The molecule has 0 radical (unpaired) electrons. The van der Waals surface area contributed by atoms with Crippen molar-refractivity contribution in [3.63, 3.8) is 0 Å². The van der Waals surface area contributed by atoms with Crippen LogP contribution >= 0.6 is 0 Å². The molecule has 8 nitrogen and oxygen atoms in total. The van der Waals surface area contributed by atoms with Gasteiger partial charge in [0.2, 0.25) is 11.8 Å². The van der Waals surface area contributed by atoms with Crippen LogP contribution in [-0.2, 0) is 14.3 Å². The number of nitrogens with one attached hydrogen (secondary N) is 2. The van der Waals surface area contributed by atoms with Crippen LogP contribution < -0.4 is 10.6 Å². The first-order valence-electron chi connectivity index (χ1n) is 10.4. The van der Waals surface area contributed by atoms with Gasteiger partial charge in [-0.1, -0.05) is 12.1 Å². The van der Waals surface area contributed by atoms with E-state index in [1.165, 1.54) is 0 Å². The lowest BCUT2D eigenvalue weighted by Crippen LogP contribution is -2.59. The number of carbonyl (C=O) groups is 3. The Labute approximate surface area is 169 Å². The molecule has 4 heterocycles. The second kappa shape index (κ2) is 6.73. The van der Waals surface area contributed by atoms with Gasteiger partial charge in [-0.15, -0.1) is 0 Å². The van der Waals surface area contributed by atoms with Crippen molar-refractivity contribution in [3.05, 3.63) is 29.8 Å². The molecule has 29 heavy (non-hydrogen) atoms. The van der Waals surface area contributed by atoms with Crippen LogP contribution in [0.2, 0.25) is 0 Å². The van der Waals surface area contributed by atoms with Gasteiger partial charge in [0.1, 0.15) is 5.66 Å². The van der Waals surface area contributed by atoms with Crippen molar-refractivity contribution in [2.24, 2.45) is 0 Å². The molecule has 2 spiro atoms. The molecule has 3 saturated heterocycles. The fourth-order valence-corrected chi connectivity index (χ4v) is 5.07. The molecular formula is C21H26N4O4. The van der Waals surface area contributed by atoms with Crippen molar-refractivity contribution in [2.75, 3.05) is 38.1 Å². The fourth-order valence-electron chi connectivity index (χ4n) is 5.07.